The molecule has 0 aromatic heterocycles. The zero-order valence-electron chi connectivity index (χ0n) is 18.1. The molecule has 1 unspecified atom stereocenters. The summed E-state index contributed by atoms with van der Waals surface area (Å²) in [6.07, 6.45) is 4.79. The van der Waals surface area contributed by atoms with E-state index in [9.17, 15) is 4.79 Å². The number of carbonyl (C=O) groups is 1. The van der Waals surface area contributed by atoms with Gasteiger partial charge in [0, 0.05) is 6.54 Å². The van der Waals surface area contributed by atoms with Crippen molar-refractivity contribution >= 4 is 29.0 Å². The lowest BCUT2D eigenvalue weighted by Crippen LogP contribution is -2.42. The Morgan fingerprint density at radius 2 is 1.74 bits per heavy atom. The second-order valence-corrected chi connectivity index (χ2v) is 8.33. The SMILES string of the molecule is COC(=O)N1CCc2ccc(/C=C/c3ccc4cc(C#N)ccc4c3)cc2C1C(C)C. The molecular weight excluding hydrogens is 384 g/mol. The Kier molecular flexibility index (Phi) is 5.77. The van der Waals surface area contributed by atoms with E-state index in [0.717, 1.165) is 28.3 Å². The first-order chi connectivity index (χ1) is 15.0. The number of rotatable bonds is 3. The number of nitriles is 1. The topological polar surface area (TPSA) is 53.3 Å². The average molecular weight is 411 g/mol. The molecule has 3 aromatic rings. The van der Waals surface area contributed by atoms with Crippen LogP contribution in [0, 0.1) is 17.2 Å². The monoisotopic (exact) mass is 410 g/mol. The van der Waals surface area contributed by atoms with E-state index in [1.807, 2.05) is 29.2 Å². The van der Waals surface area contributed by atoms with Crippen LogP contribution in [0.2, 0.25) is 0 Å². The van der Waals surface area contributed by atoms with Crippen LogP contribution in [0.3, 0.4) is 0 Å². The van der Waals surface area contributed by atoms with Crippen LogP contribution in [0.4, 0.5) is 4.79 Å². The highest BCUT2D eigenvalue weighted by atomic mass is 16.5. The van der Waals surface area contributed by atoms with E-state index in [1.165, 1.54) is 18.2 Å². The van der Waals surface area contributed by atoms with E-state index >= 15 is 0 Å². The van der Waals surface area contributed by atoms with Gasteiger partial charge in [-0.2, -0.15) is 5.26 Å². The number of ether oxygens (including phenoxy) is 1. The third-order valence-electron chi connectivity index (χ3n) is 5.95. The second kappa shape index (κ2) is 8.65. The molecule has 0 saturated heterocycles. The van der Waals surface area contributed by atoms with Gasteiger partial charge < -0.3 is 9.64 Å². The van der Waals surface area contributed by atoms with Crippen LogP contribution >= 0.6 is 0 Å². The summed E-state index contributed by atoms with van der Waals surface area (Å²) in [6, 6.07) is 20.7. The first-order valence-electron chi connectivity index (χ1n) is 10.6. The van der Waals surface area contributed by atoms with Gasteiger partial charge in [0.1, 0.15) is 0 Å². The Bertz CT molecular complexity index is 1200. The average Bonchev–Trinajstić information content (AvgIpc) is 2.80. The standard InChI is InChI=1S/C27H26N2O2/c1-18(2)26-25-16-20(6-9-22(25)12-13-29(26)27(30)31-3)5-4-19-7-10-24-15-21(17-28)8-11-23(24)14-19/h4-11,14-16,18,26H,12-13H2,1-3H3/b5-4+. The van der Waals surface area contributed by atoms with E-state index in [-0.39, 0.29) is 18.1 Å². The van der Waals surface area contributed by atoms with E-state index in [2.05, 4.69) is 62.4 Å². The van der Waals surface area contributed by atoms with Crippen molar-refractivity contribution in [3.63, 3.8) is 0 Å². The third-order valence-corrected chi connectivity index (χ3v) is 5.95. The summed E-state index contributed by atoms with van der Waals surface area (Å²) in [6.45, 7) is 4.97. The predicted octanol–water partition coefficient (Wildman–Crippen LogP) is 6.20. The Labute approximate surface area is 183 Å². The molecule has 0 saturated carbocycles. The van der Waals surface area contributed by atoms with Gasteiger partial charge in [0.2, 0.25) is 0 Å². The minimum Gasteiger partial charge on any atom is -0.453 e. The zero-order valence-corrected chi connectivity index (χ0v) is 18.1. The van der Waals surface area contributed by atoms with Gasteiger partial charge in [-0.1, -0.05) is 56.3 Å². The third kappa shape index (κ3) is 4.18. The van der Waals surface area contributed by atoms with Gasteiger partial charge in [-0.05, 0) is 69.6 Å². The molecule has 3 aromatic carbocycles. The molecule has 31 heavy (non-hydrogen) atoms. The fourth-order valence-corrected chi connectivity index (χ4v) is 4.44. The maximum Gasteiger partial charge on any atom is 0.410 e. The van der Waals surface area contributed by atoms with Gasteiger partial charge in [-0.3, -0.25) is 0 Å². The van der Waals surface area contributed by atoms with Crippen molar-refractivity contribution in [2.45, 2.75) is 26.3 Å². The number of fused-ring (bicyclic) bond motifs is 2. The summed E-state index contributed by atoms with van der Waals surface area (Å²) in [5.41, 5.74) is 5.39. The highest BCUT2D eigenvalue weighted by Crippen LogP contribution is 2.36. The number of nitrogens with zero attached hydrogens (tertiary/aromatic N) is 2. The molecule has 0 spiro atoms. The van der Waals surface area contributed by atoms with Gasteiger partial charge in [0.25, 0.3) is 0 Å². The summed E-state index contributed by atoms with van der Waals surface area (Å²) >= 11 is 0. The number of methoxy groups -OCH3 is 1. The Morgan fingerprint density at radius 3 is 2.45 bits per heavy atom. The quantitative estimate of drug-likeness (QED) is 0.483. The van der Waals surface area contributed by atoms with Crippen molar-refractivity contribution in [3.05, 3.63) is 82.4 Å². The van der Waals surface area contributed by atoms with Crippen molar-refractivity contribution in [2.75, 3.05) is 13.7 Å². The second-order valence-electron chi connectivity index (χ2n) is 8.33. The summed E-state index contributed by atoms with van der Waals surface area (Å²) in [4.78, 5) is 14.2. The zero-order chi connectivity index (χ0) is 22.0. The Balaban J connectivity index is 1.64. The lowest BCUT2D eigenvalue weighted by atomic mass is 9.85. The van der Waals surface area contributed by atoms with E-state index < -0.39 is 0 Å². The van der Waals surface area contributed by atoms with Crippen LogP contribution < -0.4 is 0 Å². The molecule has 0 bridgehead atoms. The number of benzene rings is 3. The number of hydrogen-bond donors (Lipinski definition) is 0. The highest BCUT2D eigenvalue weighted by molar-refractivity contribution is 5.87. The van der Waals surface area contributed by atoms with Crippen molar-refractivity contribution in [1.82, 2.24) is 4.90 Å². The molecule has 156 valence electrons. The van der Waals surface area contributed by atoms with Gasteiger partial charge in [0.05, 0.1) is 24.8 Å². The van der Waals surface area contributed by atoms with Gasteiger partial charge in [0.15, 0.2) is 0 Å². The molecule has 4 rings (SSSR count). The summed E-state index contributed by atoms with van der Waals surface area (Å²) in [5, 5.41) is 11.2. The smallest absolute Gasteiger partial charge is 0.410 e. The maximum absolute atomic E-state index is 12.3. The summed E-state index contributed by atoms with van der Waals surface area (Å²) in [7, 11) is 1.44. The summed E-state index contributed by atoms with van der Waals surface area (Å²) in [5.74, 6) is 0.288. The van der Waals surface area contributed by atoms with E-state index in [1.54, 1.807) is 0 Å². The molecule has 4 heteroatoms. The Morgan fingerprint density at radius 1 is 1.06 bits per heavy atom. The van der Waals surface area contributed by atoms with E-state index in [0.29, 0.717) is 12.1 Å². The van der Waals surface area contributed by atoms with E-state index in [4.69, 9.17) is 10.00 Å². The van der Waals surface area contributed by atoms with Crippen molar-refractivity contribution in [3.8, 4) is 6.07 Å². The first kappa shape index (κ1) is 20.7. The fourth-order valence-electron chi connectivity index (χ4n) is 4.44. The molecule has 1 aliphatic rings. The molecule has 0 N–H and O–H groups in total. The van der Waals surface area contributed by atoms with Crippen LogP contribution in [0.15, 0.2) is 54.6 Å². The number of carbonyl (C=O) groups excluding carboxylic acids is 1. The molecule has 4 nitrogen and oxygen atoms in total. The normalized spacial score (nSPS) is 15.8. The Hall–Kier alpha value is -3.58. The summed E-state index contributed by atoms with van der Waals surface area (Å²) < 4.78 is 5.03. The van der Waals surface area contributed by atoms with Crippen LogP contribution in [-0.4, -0.2) is 24.6 Å². The van der Waals surface area contributed by atoms with Crippen molar-refractivity contribution < 1.29 is 9.53 Å². The maximum atomic E-state index is 12.3. The van der Waals surface area contributed by atoms with Gasteiger partial charge >= 0.3 is 6.09 Å². The van der Waals surface area contributed by atoms with Crippen molar-refractivity contribution in [1.29, 1.82) is 5.26 Å². The van der Waals surface area contributed by atoms with Crippen LogP contribution in [-0.2, 0) is 11.2 Å². The molecule has 0 radical (unpaired) electrons. The number of amides is 1. The van der Waals surface area contributed by atoms with Crippen LogP contribution in [0.25, 0.3) is 22.9 Å². The highest BCUT2D eigenvalue weighted by Gasteiger charge is 2.33. The fraction of sp³-hybridized carbons (Fsp3) is 0.259. The molecule has 1 aliphatic heterocycles. The minimum atomic E-state index is -0.263. The van der Waals surface area contributed by atoms with Gasteiger partial charge in [-0.15, -0.1) is 0 Å². The molecule has 0 fully saturated rings. The lowest BCUT2D eigenvalue weighted by molar-refractivity contribution is 0.0877. The first-order valence-corrected chi connectivity index (χ1v) is 10.6. The van der Waals surface area contributed by atoms with Crippen LogP contribution in [0.1, 0.15) is 47.7 Å². The minimum absolute atomic E-state index is 0.0135. The number of hydrogen-bond acceptors (Lipinski definition) is 3. The van der Waals surface area contributed by atoms with Crippen molar-refractivity contribution in [2.24, 2.45) is 5.92 Å². The largest absolute Gasteiger partial charge is 0.453 e. The molecule has 1 atom stereocenters. The molecule has 1 amide bonds. The predicted molar refractivity (Wildman–Crippen MR) is 124 cm³/mol. The van der Waals surface area contributed by atoms with Crippen LogP contribution in [0.5, 0.6) is 0 Å². The molecular formula is C27H26N2O2. The molecule has 1 heterocycles. The molecule has 0 aliphatic carbocycles. The lowest BCUT2D eigenvalue weighted by Gasteiger charge is -2.38. The van der Waals surface area contributed by atoms with Gasteiger partial charge in [-0.25, -0.2) is 4.79 Å².